The Morgan fingerprint density at radius 3 is 0.913 bits per heavy atom. The summed E-state index contributed by atoms with van der Waals surface area (Å²) in [6.07, 6.45) is 75.4. The zero-order valence-corrected chi connectivity index (χ0v) is 45.0. The summed E-state index contributed by atoms with van der Waals surface area (Å²) in [7, 11) is 0. The molecule has 0 rings (SSSR count). The summed E-state index contributed by atoms with van der Waals surface area (Å²) in [5.74, 6) is -1.01. The number of rotatable bonds is 51. The Morgan fingerprint density at radius 2 is 0.551 bits per heavy atom. The summed E-state index contributed by atoms with van der Waals surface area (Å²) in [5, 5.41) is 0. The third-order valence-electron chi connectivity index (χ3n) is 12.0. The van der Waals surface area contributed by atoms with Gasteiger partial charge in [0.2, 0.25) is 0 Å². The summed E-state index contributed by atoms with van der Waals surface area (Å²) in [6, 6.07) is 0. The quantitative estimate of drug-likeness (QED) is 0.0262. The summed E-state index contributed by atoms with van der Waals surface area (Å²) < 4.78 is 16.8. The summed E-state index contributed by atoms with van der Waals surface area (Å²) in [4.78, 5) is 38.1. The highest BCUT2D eigenvalue weighted by molar-refractivity contribution is 5.71. The first-order valence-corrected chi connectivity index (χ1v) is 28.7. The largest absolute Gasteiger partial charge is 0.462 e. The molecule has 394 valence electrons. The van der Waals surface area contributed by atoms with Gasteiger partial charge in [-0.2, -0.15) is 0 Å². The minimum atomic E-state index is -0.826. The molecule has 0 aromatic carbocycles. The first-order chi connectivity index (χ1) is 34.0. The summed E-state index contributed by atoms with van der Waals surface area (Å²) in [6.45, 7) is 6.51. The molecule has 69 heavy (non-hydrogen) atoms. The van der Waals surface area contributed by atoms with Crippen molar-refractivity contribution in [2.24, 2.45) is 0 Å². The standard InChI is InChI=1S/C63H106O6/c1-4-7-10-13-16-19-22-25-28-30-31-33-36-39-42-45-48-51-54-57-63(66)69-60(58-67-61(64)55-52-49-46-43-40-37-34-27-24-21-18-15-12-9-6-3)59-68-62(65)56-53-50-47-44-41-38-35-32-29-26-23-20-17-14-11-8-5-2/h16,18-19,21,25-29,31,33-34,39,42,48,51,60H,4-15,17,20,22-24,30,32,35-38,40-41,43-47,49-50,52-59H2,1-3H3/b19-16-,21-18-,28-25-,29-26-,33-31-,34-27-,42-39-,51-48-/t60-/m1/s1. The van der Waals surface area contributed by atoms with Crippen molar-refractivity contribution >= 4 is 17.9 Å². The lowest BCUT2D eigenvalue weighted by atomic mass is 10.1. The van der Waals surface area contributed by atoms with Gasteiger partial charge < -0.3 is 14.2 Å². The molecule has 0 bridgehead atoms. The fraction of sp³-hybridized carbons (Fsp3) is 0.698. The summed E-state index contributed by atoms with van der Waals surface area (Å²) >= 11 is 0. The van der Waals surface area contributed by atoms with Crippen LogP contribution in [-0.2, 0) is 28.6 Å². The van der Waals surface area contributed by atoms with Gasteiger partial charge in [0.1, 0.15) is 13.2 Å². The number of esters is 3. The van der Waals surface area contributed by atoms with Gasteiger partial charge in [-0.15, -0.1) is 0 Å². The van der Waals surface area contributed by atoms with Gasteiger partial charge in [0, 0.05) is 19.3 Å². The van der Waals surface area contributed by atoms with Crippen molar-refractivity contribution in [1.29, 1.82) is 0 Å². The molecule has 0 fully saturated rings. The second kappa shape index (κ2) is 56.9. The molecule has 0 unspecified atom stereocenters. The van der Waals surface area contributed by atoms with Crippen molar-refractivity contribution in [2.75, 3.05) is 13.2 Å². The smallest absolute Gasteiger partial charge is 0.306 e. The zero-order chi connectivity index (χ0) is 50.0. The molecule has 0 aliphatic heterocycles. The molecule has 0 N–H and O–H groups in total. The second-order valence-corrected chi connectivity index (χ2v) is 18.8. The number of allylic oxidation sites excluding steroid dienone is 16. The Hall–Kier alpha value is -3.67. The van der Waals surface area contributed by atoms with Gasteiger partial charge in [0.25, 0.3) is 0 Å². The average molecular weight is 960 g/mol. The molecule has 6 nitrogen and oxygen atoms in total. The normalized spacial score (nSPS) is 12.8. The third kappa shape index (κ3) is 55.1. The maximum atomic E-state index is 12.8. The lowest BCUT2D eigenvalue weighted by molar-refractivity contribution is -0.166. The molecule has 0 aliphatic carbocycles. The fourth-order valence-corrected chi connectivity index (χ4v) is 7.68. The van der Waals surface area contributed by atoms with Gasteiger partial charge in [0.05, 0.1) is 0 Å². The van der Waals surface area contributed by atoms with Crippen molar-refractivity contribution in [2.45, 2.75) is 271 Å². The van der Waals surface area contributed by atoms with E-state index in [1.165, 1.54) is 128 Å². The molecule has 0 spiro atoms. The van der Waals surface area contributed by atoms with E-state index >= 15 is 0 Å². The SMILES string of the molecule is CCCCC/C=C\C/C=C\C/C=C\C/C=C\C/C=C\CCC(=O)O[C@H](COC(=O)CCCCCCC/C=C\C/C=C\CCCCC)COC(=O)CCCCCCCCC/C=C\CCCCCCCC. The molecule has 0 saturated carbocycles. The van der Waals surface area contributed by atoms with Gasteiger partial charge in [0.15, 0.2) is 6.10 Å². The van der Waals surface area contributed by atoms with Gasteiger partial charge in [-0.3, -0.25) is 14.4 Å². The molecular formula is C63H106O6. The van der Waals surface area contributed by atoms with E-state index in [0.29, 0.717) is 19.3 Å². The number of hydrogen-bond donors (Lipinski definition) is 0. The van der Waals surface area contributed by atoms with Gasteiger partial charge in [-0.25, -0.2) is 0 Å². The Balaban J connectivity index is 4.53. The molecule has 0 aromatic heterocycles. The van der Waals surface area contributed by atoms with Crippen LogP contribution < -0.4 is 0 Å². The molecule has 0 aromatic rings. The maximum absolute atomic E-state index is 12.8. The van der Waals surface area contributed by atoms with E-state index in [0.717, 1.165) is 89.9 Å². The lowest BCUT2D eigenvalue weighted by Gasteiger charge is -2.18. The van der Waals surface area contributed by atoms with Crippen LogP contribution in [0.2, 0.25) is 0 Å². The number of carbonyl (C=O) groups excluding carboxylic acids is 3. The number of carbonyl (C=O) groups is 3. The molecule has 0 saturated heterocycles. The van der Waals surface area contributed by atoms with Gasteiger partial charge in [-0.1, -0.05) is 227 Å². The van der Waals surface area contributed by atoms with Crippen LogP contribution in [0.3, 0.4) is 0 Å². The van der Waals surface area contributed by atoms with Crippen molar-refractivity contribution in [1.82, 2.24) is 0 Å². The second-order valence-electron chi connectivity index (χ2n) is 18.8. The highest BCUT2D eigenvalue weighted by Gasteiger charge is 2.19. The van der Waals surface area contributed by atoms with Crippen molar-refractivity contribution in [3.8, 4) is 0 Å². The molecule has 1 atom stereocenters. The Morgan fingerprint density at radius 1 is 0.290 bits per heavy atom. The Bertz CT molecular complexity index is 1380. The van der Waals surface area contributed by atoms with Gasteiger partial charge in [-0.05, 0) is 116 Å². The van der Waals surface area contributed by atoms with E-state index in [2.05, 4.69) is 112 Å². The molecule has 6 heteroatoms. The predicted octanol–water partition coefficient (Wildman–Crippen LogP) is 19.3. The first kappa shape index (κ1) is 65.3. The predicted molar refractivity (Wildman–Crippen MR) is 297 cm³/mol. The highest BCUT2D eigenvalue weighted by atomic mass is 16.6. The lowest BCUT2D eigenvalue weighted by Crippen LogP contribution is -2.30. The van der Waals surface area contributed by atoms with Crippen LogP contribution in [0, 0.1) is 0 Å². The van der Waals surface area contributed by atoms with Crippen LogP contribution >= 0.6 is 0 Å². The van der Waals surface area contributed by atoms with E-state index in [1.807, 2.05) is 6.08 Å². The molecular weight excluding hydrogens is 853 g/mol. The molecule has 0 radical (unpaired) electrons. The minimum Gasteiger partial charge on any atom is -0.462 e. The van der Waals surface area contributed by atoms with Gasteiger partial charge >= 0.3 is 17.9 Å². The summed E-state index contributed by atoms with van der Waals surface area (Å²) in [5.41, 5.74) is 0. The van der Waals surface area contributed by atoms with Crippen LogP contribution in [0.25, 0.3) is 0 Å². The minimum absolute atomic E-state index is 0.114. The van der Waals surface area contributed by atoms with Crippen molar-refractivity contribution in [3.05, 3.63) is 97.2 Å². The Kier molecular flexibility index (Phi) is 53.9. The van der Waals surface area contributed by atoms with E-state index in [4.69, 9.17) is 14.2 Å². The number of ether oxygens (including phenoxy) is 3. The van der Waals surface area contributed by atoms with E-state index in [-0.39, 0.29) is 31.6 Å². The van der Waals surface area contributed by atoms with Crippen LogP contribution in [-0.4, -0.2) is 37.2 Å². The average Bonchev–Trinajstić information content (AvgIpc) is 3.35. The topological polar surface area (TPSA) is 78.9 Å². The number of unbranched alkanes of at least 4 members (excludes halogenated alkanes) is 24. The fourth-order valence-electron chi connectivity index (χ4n) is 7.68. The molecule has 0 aliphatic rings. The van der Waals surface area contributed by atoms with Crippen molar-refractivity contribution < 1.29 is 28.6 Å². The number of hydrogen-bond acceptors (Lipinski definition) is 6. The first-order valence-electron chi connectivity index (χ1n) is 28.7. The van der Waals surface area contributed by atoms with Crippen LogP contribution in [0.4, 0.5) is 0 Å². The third-order valence-corrected chi connectivity index (χ3v) is 12.0. The zero-order valence-electron chi connectivity index (χ0n) is 45.0. The van der Waals surface area contributed by atoms with Crippen LogP contribution in [0.15, 0.2) is 97.2 Å². The molecule has 0 heterocycles. The highest BCUT2D eigenvalue weighted by Crippen LogP contribution is 2.14. The molecule has 0 amide bonds. The van der Waals surface area contributed by atoms with Crippen molar-refractivity contribution in [3.63, 3.8) is 0 Å². The van der Waals surface area contributed by atoms with Crippen LogP contribution in [0.5, 0.6) is 0 Å². The van der Waals surface area contributed by atoms with Crippen LogP contribution in [0.1, 0.15) is 265 Å². The maximum Gasteiger partial charge on any atom is 0.306 e. The Labute approximate surface area is 426 Å². The monoisotopic (exact) mass is 959 g/mol. The van der Waals surface area contributed by atoms with E-state index in [1.54, 1.807) is 0 Å². The van der Waals surface area contributed by atoms with E-state index in [9.17, 15) is 14.4 Å². The van der Waals surface area contributed by atoms with E-state index < -0.39 is 12.1 Å².